The summed E-state index contributed by atoms with van der Waals surface area (Å²) in [4.78, 5) is 11.4. The van der Waals surface area contributed by atoms with Gasteiger partial charge in [0.05, 0.1) is 5.54 Å². The van der Waals surface area contributed by atoms with E-state index in [0.29, 0.717) is 0 Å². The van der Waals surface area contributed by atoms with Crippen LogP contribution in [0.2, 0.25) is 0 Å². The number of hydrogen-bond acceptors (Lipinski definition) is 4. The number of sulfonamides is 1. The van der Waals surface area contributed by atoms with E-state index in [2.05, 4.69) is 5.43 Å². The summed E-state index contributed by atoms with van der Waals surface area (Å²) in [6, 6.07) is 3.96. The molecular weight excluding hydrogens is 285 g/mol. The van der Waals surface area contributed by atoms with Gasteiger partial charge in [0.25, 0.3) is 10.0 Å². The molecule has 0 aromatic heterocycles. The van der Waals surface area contributed by atoms with E-state index >= 15 is 0 Å². The normalized spacial score (nSPS) is 16.9. The first-order valence-electron chi connectivity index (χ1n) is 5.79. The highest BCUT2D eigenvalue weighted by Crippen LogP contribution is 2.19. The second kappa shape index (κ2) is 4.78. The van der Waals surface area contributed by atoms with Crippen molar-refractivity contribution in [1.29, 1.82) is 0 Å². The minimum Gasteiger partial charge on any atom is -0.301 e. The van der Waals surface area contributed by atoms with E-state index in [0.717, 1.165) is 17.1 Å². The number of nitrogens with one attached hydrogen (secondary N) is 2. The molecule has 1 aromatic rings. The van der Waals surface area contributed by atoms with Crippen LogP contribution in [0.4, 0.5) is 9.18 Å². The van der Waals surface area contributed by atoms with Gasteiger partial charge in [-0.3, -0.25) is 0 Å². The van der Waals surface area contributed by atoms with Gasteiger partial charge in [-0.15, -0.1) is 0 Å². The fourth-order valence-electron chi connectivity index (χ4n) is 1.76. The summed E-state index contributed by atoms with van der Waals surface area (Å²) in [7, 11) is -4.26. The second-order valence-corrected chi connectivity index (χ2v) is 6.44. The molecule has 2 amide bonds. The molecule has 1 aliphatic rings. The van der Waals surface area contributed by atoms with Crippen molar-refractivity contribution in [3.8, 4) is 0 Å². The molecule has 0 saturated carbocycles. The van der Waals surface area contributed by atoms with Crippen LogP contribution in [0, 0.1) is 5.82 Å². The third-order valence-corrected chi connectivity index (χ3v) is 4.18. The van der Waals surface area contributed by atoms with Gasteiger partial charge in [0, 0.05) is 6.20 Å². The smallest absolute Gasteiger partial charge is 0.301 e. The van der Waals surface area contributed by atoms with E-state index in [4.69, 9.17) is 0 Å². The maximum Gasteiger partial charge on any atom is 0.350 e. The van der Waals surface area contributed by atoms with E-state index in [1.807, 2.05) is 4.72 Å². The van der Waals surface area contributed by atoms with Gasteiger partial charge in [0.2, 0.25) is 0 Å². The van der Waals surface area contributed by atoms with Crippen LogP contribution in [-0.4, -0.2) is 25.0 Å². The molecule has 0 bridgehead atoms. The van der Waals surface area contributed by atoms with Gasteiger partial charge in [-0.1, -0.05) is 12.1 Å². The number of carbonyl (C=O) groups excluding carboxylic acids is 1. The molecule has 0 atom stereocenters. The average molecular weight is 299 g/mol. The van der Waals surface area contributed by atoms with Crippen LogP contribution in [0.1, 0.15) is 13.8 Å². The third kappa shape index (κ3) is 2.60. The first-order chi connectivity index (χ1) is 9.24. The molecule has 1 aliphatic heterocycles. The quantitative estimate of drug-likeness (QED) is 0.863. The van der Waals surface area contributed by atoms with E-state index < -0.39 is 32.3 Å². The molecule has 108 valence electrons. The minimum atomic E-state index is -4.26. The second-order valence-electron chi connectivity index (χ2n) is 4.79. The van der Waals surface area contributed by atoms with Gasteiger partial charge in [0.1, 0.15) is 10.7 Å². The number of benzene rings is 1. The summed E-state index contributed by atoms with van der Waals surface area (Å²) in [5, 5.41) is 1.10. The van der Waals surface area contributed by atoms with Crippen molar-refractivity contribution >= 4 is 16.1 Å². The van der Waals surface area contributed by atoms with Crippen molar-refractivity contribution in [3.05, 3.63) is 42.4 Å². The number of nitrogens with zero attached hydrogens (tertiary/aromatic N) is 1. The van der Waals surface area contributed by atoms with Crippen molar-refractivity contribution in [2.24, 2.45) is 0 Å². The maximum absolute atomic E-state index is 13.5. The van der Waals surface area contributed by atoms with Crippen molar-refractivity contribution in [2.75, 3.05) is 0 Å². The maximum atomic E-state index is 13.5. The molecule has 0 spiro atoms. The Bertz CT molecular complexity index is 670. The summed E-state index contributed by atoms with van der Waals surface area (Å²) in [6.07, 6.45) is 3.22. The lowest BCUT2D eigenvalue weighted by molar-refractivity contribution is 0.152. The molecule has 0 aliphatic carbocycles. The SMILES string of the molecule is CC1(C)C=CNN1C(=O)NS(=O)(=O)c1ccccc1F. The van der Waals surface area contributed by atoms with Crippen LogP contribution in [0.3, 0.4) is 0 Å². The highest BCUT2D eigenvalue weighted by atomic mass is 32.2. The van der Waals surface area contributed by atoms with Gasteiger partial charge in [-0.05, 0) is 32.1 Å². The molecule has 0 radical (unpaired) electrons. The summed E-state index contributed by atoms with van der Waals surface area (Å²) in [6.45, 7) is 3.44. The topological polar surface area (TPSA) is 78.5 Å². The molecule has 20 heavy (non-hydrogen) atoms. The van der Waals surface area contributed by atoms with E-state index in [1.54, 1.807) is 19.9 Å². The first-order valence-corrected chi connectivity index (χ1v) is 7.28. The number of carbonyl (C=O) groups is 1. The standard InChI is InChI=1S/C12H14FN3O3S/c1-12(2)7-8-14-16(12)11(17)15-20(18,19)10-6-4-3-5-9(10)13/h3-8,14H,1-2H3,(H,15,17). The van der Waals surface area contributed by atoms with Gasteiger partial charge in [-0.25, -0.2) is 27.3 Å². The number of rotatable bonds is 2. The van der Waals surface area contributed by atoms with Crippen LogP contribution in [0.5, 0.6) is 0 Å². The minimum absolute atomic E-state index is 0.571. The molecule has 8 heteroatoms. The number of urea groups is 1. The zero-order valence-electron chi connectivity index (χ0n) is 10.9. The molecule has 0 saturated heterocycles. The van der Waals surface area contributed by atoms with Gasteiger partial charge >= 0.3 is 6.03 Å². The Hall–Kier alpha value is -2.09. The molecule has 2 N–H and O–H groups in total. The van der Waals surface area contributed by atoms with Crippen LogP contribution in [0.25, 0.3) is 0 Å². The first kappa shape index (κ1) is 14.3. The van der Waals surface area contributed by atoms with Gasteiger partial charge < -0.3 is 5.43 Å². The van der Waals surface area contributed by atoms with Crippen molar-refractivity contribution in [1.82, 2.24) is 15.2 Å². The Morgan fingerprint density at radius 3 is 2.55 bits per heavy atom. The molecule has 2 rings (SSSR count). The Morgan fingerprint density at radius 2 is 2.00 bits per heavy atom. The number of amides is 2. The Kier molecular flexibility index (Phi) is 3.43. The monoisotopic (exact) mass is 299 g/mol. The molecular formula is C12H14FN3O3S. The van der Waals surface area contributed by atoms with Crippen LogP contribution in [-0.2, 0) is 10.0 Å². The zero-order chi connectivity index (χ0) is 15.0. The van der Waals surface area contributed by atoms with E-state index in [1.165, 1.54) is 18.3 Å². The third-order valence-electron chi connectivity index (χ3n) is 2.82. The lowest BCUT2D eigenvalue weighted by Crippen LogP contribution is -2.54. The molecule has 0 unspecified atom stereocenters. The molecule has 0 fully saturated rings. The highest BCUT2D eigenvalue weighted by Gasteiger charge is 2.34. The molecule has 1 aromatic carbocycles. The largest absolute Gasteiger partial charge is 0.350 e. The Morgan fingerprint density at radius 1 is 1.35 bits per heavy atom. The fourth-order valence-corrected chi connectivity index (χ4v) is 2.77. The fraction of sp³-hybridized carbons (Fsp3) is 0.250. The Labute approximate surface area is 116 Å². The number of hydrogen-bond donors (Lipinski definition) is 2. The van der Waals surface area contributed by atoms with Crippen molar-refractivity contribution in [3.63, 3.8) is 0 Å². The van der Waals surface area contributed by atoms with Crippen LogP contribution in [0.15, 0.2) is 41.4 Å². The predicted octanol–water partition coefficient (Wildman–Crippen LogP) is 1.34. The summed E-state index contributed by atoms with van der Waals surface area (Å²) >= 11 is 0. The lowest BCUT2D eigenvalue weighted by Gasteiger charge is -2.30. The predicted molar refractivity (Wildman–Crippen MR) is 70.3 cm³/mol. The van der Waals surface area contributed by atoms with Crippen molar-refractivity contribution < 1.29 is 17.6 Å². The van der Waals surface area contributed by atoms with Gasteiger partial charge in [0.15, 0.2) is 0 Å². The van der Waals surface area contributed by atoms with E-state index in [-0.39, 0.29) is 0 Å². The summed E-state index contributed by atoms with van der Waals surface area (Å²) in [5.74, 6) is -0.917. The summed E-state index contributed by atoms with van der Waals surface area (Å²) in [5.41, 5.74) is 1.93. The Balaban J connectivity index is 2.22. The average Bonchev–Trinajstić information content (AvgIpc) is 2.68. The lowest BCUT2D eigenvalue weighted by atomic mass is 10.1. The molecule has 1 heterocycles. The zero-order valence-corrected chi connectivity index (χ0v) is 11.7. The highest BCUT2D eigenvalue weighted by molar-refractivity contribution is 7.90. The number of halogens is 1. The summed E-state index contributed by atoms with van der Waals surface area (Å²) < 4.78 is 39.3. The van der Waals surface area contributed by atoms with Gasteiger partial charge in [-0.2, -0.15) is 0 Å². The van der Waals surface area contributed by atoms with Crippen LogP contribution < -0.4 is 10.1 Å². The number of hydrazine groups is 1. The van der Waals surface area contributed by atoms with Crippen LogP contribution >= 0.6 is 0 Å². The molecule has 6 nitrogen and oxygen atoms in total. The van der Waals surface area contributed by atoms with E-state index in [9.17, 15) is 17.6 Å². The van der Waals surface area contributed by atoms with Crippen molar-refractivity contribution in [2.45, 2.75) is 24.3 Å².